The Morgan fingerprint density at radius 2 is 1.88 bits per heavy atom. The third-order valence-electron chi connectivity index (χ3n) is 2.12. The summed E-state index contributed by atoms with van der Waals surface area (Å²) in [6.45, 7) is 7.00. The third kappa shape index (κ3) is 3.55. The van der Waals surface area contributed by atoms with Crippen molar-refractivity contribution in [2.75, 3.05) is 5.32 Å². The number of hydrogen-bond donors (Lipinski definition) is 2. The Morgan fingerprint density at radius 3 is 2.35 bits per heavy atom. The van der Waals surface area contributed by atoms with E-state index in [1.54, 1.807) is 27.7 Å². The third-order valence-corrected chi connectivity index (χ3v) is 2.12. The van der Waals surface area contributed by atoms with Crippen molar-refractivity contribution in [3.63, 3.8) is 0 Å². The maximum atomic E-state index is 11.7. The number of carbonyl (C=O) groups excluding carboxylic acids is 1. The van der Waals surface area contributed by atoms with Crippen molar-refractivity contribution in [1.82, 2.24) is 4.98 Å². The highest BCUT2D eigenvalue weighted by molar-refractivity contribution is 5.95. The first-order chi connectivity index (χ1) is 7.70. The number of carboxylic acids is 1. The number of pyridine rings is 1. The van der Waals surface area contributed by atoms with Crippen molar-refractivity contribution in [2.24, 2.45) is 5.41 Å². The van der Waals surface area contributed by atoms with Gasteiger partial charge in [0, 0.05) is 11.1 Å². The Kier molecular flexibility index (Phi) is 3.50. The molecule has 0 aromatic carbocycles. The highest BCUT2D eigenvalue weighted by Gasteiger charge is 2.22. The molecule has 17 heavy (non-hydrogen) atoms. The molecule has 0 aliphatic heterocycles. The molecule has 0 aliphatic carbocycles. The van der Waals surface area contributed by atoms with Gasteiger partial charge in [0.25, 0.3) is 0 Å². The van der Waals surface area contributed by atoms with Crippen LogP contribution < -0.4 is 5.32 Å². The molecule has 1 aromatic rings. The number of hydrogen-bond acceptors (Lipinski definition) is 3. The maximum Gasteiger partial charge on any atom is 0.335 e. The van der Waals surface area contributed by atoms with E-state index >= 15 is 0 Å². The number of nitrogens with one attached hydrogen (secondary N) is 1. The van der Waals surface area contributed by atoms with Crippen LogP contribution in [0, 0.1) is 12.3 Å². The largest absolute Gasteiger partial charge is 0.478 e. The number of carboxylic acid groups (broad SMARTS) is 1. The minimum atomic E-state index is -1.04. The molecular formula is C12H16N2O3. The van der Waals surface area contributed by atoms with Crippen LogP contribution in [-0.2, 0) is 4.79 Å². The fourth-order valence-corrected chi connectivity index (χ4v) is 1.16. The summed E-state index contributed by atoms with van der Waals surface area (Å²) in [5.41, 5.74) is 0.116. The Labute approximate surface area is 99.9 Å². The van der Waals surface area contributed by atoms with Crippen molar-refractivity contribution in [1.29, 1.82) is 0 Å². The van der Waals surface area contributed by atoms with Gasteiger partial charge >= 0.3 is 5.97 Å². The predicted molar refractivity (Wildman–Crippen MR) is 64.0 cm³/mol. The molecule has 92 valence electrons. The van der Waals surface area contributed by atoms with E-state index in [1.807, 2.05) is 0 Å². The van der Waals surface area contributed by atoms with Crippen LogP contribution in [0.2, 0.25) is 0 Å². The van der Waals surface area contributed by atoms with Crippen LogP contribution in [0.15, 0.2) is 12.1 Å². The average Bonchev–Trinajstić information content (AvgIpc) is 2.14. The second-order valence-corrected chi connectivity index (χ2v) is 4.89. The Morgan fingerprint density at radius 1 is 1.29 bits per heavy atom. The lowest BCUT2D eigenvalue weighted by Crippen LogP contribution is -2.28. The molecule has 1 amide bonds. The Bertz CT molecular complexity index is 461. The molecule has 0 radical (unpaired) electrons. The lowest BCUT2D eigenvalue weighted by molar-refractivity contribution is -0.123. The number of nitrogens with zero attached hydrogens (tertiary/aromatic N) is 1. The first-order valence-corrected chi connectivity index (χ1v) is 5.23. The van der Waals surface area contributed by atoms with Gasteiger partial charge < -0.3 is 10.4 Å². The normalized spacial score (nSPS) is 11.1. The molecule has 0 bridgehead atoms. The number of rotatable bonds is 2. The molecule has 1 aromatic heterocycles. The summed E-state index contributed by atoms with van der Waals surface area (Å²) in [4.78, 5) is 26.6. The van der Waals surface area contributed by atoms with Gasteiger partial charge in [-0.1, -0.05) is 20.8 Å². The van der Waals surface area contributed by atoms with E-state index in [4.69, 9.17) is 5.11 Å². The van der Waals surface area contributed by atoms with E-state index < -0.39 is 11.4 Å². The first-order valence-electron chi connectivity index (χ1n) is 5.23. The van der Waals surface area contributed by atoms with Gasteiger partial charge in [0.2, 0.25) is 5.91 Å². The molecule has 2 N–H and O–H groups in total. The zero-order valence-corrected chi connectivity index (χ0v) is 10.4. The number of anilines is 1. The zero-order valence-electron chi connectivity index (χ0n) is 10.4. The molecule has 0 aliphatic rings. The lowest BCUT2D eigenvalue weighted by Gasteiger charge is -2.17. The molecule has 0 fully saturated rings. The van der Waals surface area contributed by atoms with Crippen LogP contribution >= 0.6 is 0 Å². The van der Waals surface area contributed by atoms with E-state index in [9.17, 15) is 9.59 Å². The molecular weight excluding hydrogens is 220 g/mol. The lowest BCUT2D eigenvalue weighted by atomic mass is 9.96. The van der Waals surface area contributed by atoms with Gasteiger partial charge in [0.15, 0.2) is 0 Å². The second kappa shape index (κ2) is 4.53. The highest BCUT2D eigenvalue weighted by atomic mass is 16.4. The number of aryl methyl sites for hydroxylation is 1. The van der Waals surface area contributed by atoms with Gasteiger partial charge in [-0.3, -0.25) is 4.79 Å². The molecule has 0 spiro atoms. The smallest absolute Gasteiger partial charge is 0.335 e. The number of aromatic carboxylic acids is 1. The van der Waals surface area contributed by atoms with Gasteiger partial charge in [-0.2, -0.15) is 0 Å². The summed E-state index contributed by atoms with van der Waals surface area (Å²) in [5, 5.41) is 11.5. The molecule has 5 nitrogen and oxygen atoms in total. The average molecular weight is 236 g/mol. The maximum absolute atomic E-state index is 11.7. The van der Waals surface area contributed by atoms with Crippen molar-refractivity contribution in [3.05, 3.63) is 23.4 Å². The van der Waals surface area contributed by atoms with Crippen LogP contribution in [0.5, 0.6) is 0 Å². The van der Waals surface area contributed by atoms with Crippen molar-refractivity contribution < 1.29 is 14.7 Å². The second-order valence-electron chi connectivity index (χ2n) is 4.89. The van der Waals surface area contributed by atoms with E-state index in [1.165, 1.54) is 12.1 Å². The monoisotopic (exact) mass is 236 g/mol. The van der Waals surface area contributed by atoms with Crippen LogP contribution in [0.1, 0.15) is 36.8 Å². The summed E-state index contributed by atoms with van der Waals surface area (Å²) >= 11 is 0. The fraction of sp³-hybridized carbons (Fsp3) is 0.417. The van der Waals surface area contributed by atoms with Crippen LogP contribution in [0.4, 0.5) is 5.82 Å². The zero-order chi connectivity index (χ0) is 13.2. The SMILES string of the molecule is Cc1cc(C(=O)O)cc(NC(=O)C(C)(C)C)n1. The summed E-state index contributed by atoms with van der Waals surface area (Å²) < 4.78 is 0. The van der Waals surface area contributed by atoms with Crippen LogP contribution in [0.3, 0.4) is 0 Å². The fourth-order valence-electron chi connectivity index (χ4n) is 1.16. The van der Waals surface area contributed by atoms with Gasteiger partial charge in [0.05, 0.1) is 5.56 Å². The molecule has 0 atom stereocenters. The quantitative estimate of drug-likeness (QED) is 0.823. The number of aromatic nitrogens is 1. The number of carbonyl (C=O) groups is 2. The molecule has 1 rings (SSSR count). The van der Waals surface area contributed by atoms with Crippen molar-refractivity contribution >= 4 is 17.7 Å². The Hall–Kier alpha value is -1.91. The summed E-state index contributed by atoms with van der Waals surface area (Å²) in [6.07, 6.45) is 0. The Balaban J connectivity index is 3.00. The highest BCUT2D eigenvalue weighted by Crippen LogP contribution is 2.17. The van der Waals surface area contributed by atoms with Gasteiger partial charge in [-0.05, 0) is 19.1 Å². The molecule has 0 unspecified atom stereocenters. The van der Waals surface area contributed by atoms with E-state index in [2.05, 4.69) is 10.3 Å². The van der Waals surface area contributed by atoms with Gasteiger partial charge in [-0.15, -0.1) is 0 Å². The molecule has 1 heterocycles. The van der Waals surface area contributed by atoms with Crippen LogP contribution in [-0.4, -0.2) is 22.0 Å². The van der Waals surface area contributed by atoms with Crippen molar-refractivity contribution in [3.8, 4) is 0 Å². The van der Waals surface area contributed by atoms with Crippen molar-refractivity contribution in [2.45, 2.75) is 27.7 Å². The molecule has 5 heteroatoms. The minimum absolute atomic E-state index is 0.113. The molecule has 0 saturated heterocycles. The van der Waals surface area contributed by atoms with E-state index in [-0.39, 0.29) is 17.3 Å². The van der Waals surface area contributed by atoms with E-state index in [0.717, 1.165) is 0 Å². The number of amides is 1. The van der Waals surface area contributed by atoms with Gasteiger partial charge in [-0.25, -0.2) is 9.78 Å². The molecule has 0 saturated carbocycles. The summed E-state index contributed by atoms with van der Waals surface area (Å²) in [5.74, 6) is -0.976. The predicted octanol–water partition coefficient (Wildman–Crippen LogP) is 2.07. The summed E-state index contributed by atoms with van der Waals surface area (Å²) in [7, 11) is 0. The van der Waals surface area contributed by atoms with Gasteiger partial charge in [0.1, 0.15) is 5.82 Å². The van der Waals surface area contributed by atoms with E-state index in [0.29, 0.717) is 5.69 Å². The topological polar surface area (TPSA) is 79.3 Å². The van der Waals surface area contributed by atoms with Crippen LogP contribution in [0.25, 0.3) is 0 Å². The first kappa shape index (κ1) is 13.2. The summed E-state index contributed by atoms with van der Waals surface area (Å²) in [6, 6.07) is 2.80. The standard InChI is InChI=1S/C12H16N2O3/c1-7-5-8(10(15)16)6-9(13-7)14-11(17)12(2,3)4/h5-6H,1-4H3,(H,15,16)(H,13,14,17). The minimum Gasteiger partial charge on any atom is -0.478 e.